The van der Waals surface area contributed by atoms with Crippen molar-refractivity contribution in [2.75, 3.05) is 19.8 Å². The first-order valence-corrected chi connectivity index (χ1v) is 7.10. The van der Waals surface area contributed by atoms with Crippen molar-refractivity contribution in [3.63, 3.8) is 0 Å². The van der Waals surface area contributed by atoms with Gasteiger partial charge in [0.05, 0.1) is 0 Å². The summed E-state index contributed by atoms with van der Waals surface area (Å²) in [5, 5.41) is 3.28. The van der Waals surface area contributed by atoms with Gasteiger partial charge in [-0.1, -0.05) is 27.7 Å². The number of hydrogen-bond donors (Lipinski definition) is 1. The van der Waals surface area contributed by atoms with E-state index in [1.807, 2.05) is 38.1 Å². The Bertz CT molecular complexity index is 399. The Hall–Kier alpha value is -1.55. The molecule has 1 aromatic rings. The number of carbonyl (C=O) groups is 1. The highest BCUT2D eigenvalue weighted by molar-refractivity contribution is 5.81. The van der Waals surface area contributed by atoms with Gasteiger partial charge in [-0.3, -0.25) is 4.79 Å². The molecule has 0 atom stereocenters. The lowest BCUT2D eigenvalue weighted by molar-refractivity contribution is -0.123. The summed E-state index contributed by atoms with van der Waals surface area (Å²) in [5.41, 5.74) is 0. The van der Waals surface area contributed by atoms with Crippen molar-refractivity contribution in [1.82, 2.24) is 5.32 Å². The highest BCUT2D eigenvalue weighted by Gasteiger charge is 2.07. The second kappa shape index (κ2) is 8.59. The number of hydrogen-bond acceptors (Lipinski definition) is 4. The number of Topliss-reactive ketones (excluding diaryl/α,β-unsaturated/α-hetero) is 1. The third-order valence-corrected chi connectivity index (χ3v) is 2.77. The van der Waals surface area contributed by atoms with E-state index in [9.17, 15) is 4.79 Å². The molecule has 112 valence electrons. The van der Waals surface area contributed by atoms with Crippen LogP contribution in [0.1, 0.15) is 27.7 Å². The SMILES string of the molecule is CC(C)NCCOc1ccc(OCC(=O)C(C)C)cc1. The third kappa shape index (κ3) is 6.57. The highest BCUT2D eigenvalue weighted by atomic mass is 16.5. The molecule has 0 heterocycles. The van der Waals surface area contributed by atoms with E-state index in [0.717, 1.165) is 12.3 Å². The number of nitrogens with one attached hydrogen (secondary N) is 1. The van der Waals surface area contributed by atoms with Crippen LogP contribution in [0.4, 0.5) is 0 Å². The molecule has 0 radical (unpaired) electrons. The van der Waals surface area contributed by atoms with Gasteiger partial charge in [0, 0.05) is 18.5 Å². The molecule has 0 saturated heterocycles. The maximum atomic E-state index is 11.5. The van der Waals surface area contributed by atoms with Gasteiger partial charge in [-0.25, -0.2) is 0 Å². The predicted octanol–water partition coefficient (Wildman–Crippen LogP) is 2.67. The van der Waals surface area contributed by atoms with Gasteiger partial charge in [0.1, 0.15) is 24.7 Å². The number of ether oxygens (including phenoxy) is 2. The maximum Gasteiger partial charge on any atom is 0.172 e. The first-order chi connectivity index (χ1) is 9.49. The monoisotopic (exact) mass is 279 g/mol. The van der Waals surface area contributed by atoms with E-state index in [0.29, 0.717) is 18.4 Å². The van der Waals surface area contributed by atoms with Gasteiger partial charge >= 0.3 is 0 Å². The topological polar surface area (TPSA) is 47.6 Å². The van der Waals surface area contributed by atoms with Crippen molar-refractivity contribution >= 4 is 5.78 Å². The molecule has 0 aliphatic rings. The van der Waals surface area contributed by atoms with Crippen LogP contribution in [0.2, 0.25) is 0 Å². The number of rotatable bonds is 9. The zero-order chi connectivity index (χ0) is 15.0. The Labute approximate surface area is 121 Å². The average molecular weight is 279 g/mol. The molecule has 4 heteroatoms. The summed E-state index contributed by atoms with van der Waals surface area (Å²) in [7, 11) is 0. The van der Waals surface area contributed by atoms with Gasteiger partial charge in [0.2, 0.25) is 0 Å². The van der Waals surface area contributed by atoms with Crippen molar-refractivity contribution in [2.45, 2.75) is 33.7 Å². The quantitative estimate of drug-likeness (QED) is 0.706. The summed E-state index contributed by atoms with van der Waals surface area (Å²) < 4.78 is 11.0. The second-order valence-electron chi connectivity index (χ2n) is 5.34. The summed E-state index contributed by atoms with van der Waals surface area (Å²) in [5.74, 6) is 1.60. The van der Waals surface area contributed by atoms with Crippen molar-refractivity contribution in [3.8, 4) is 11.5 Å². The molecule has 0 amide bonds. The van der Waals surface area contributed by atoms with E-state index in [2.05, 4.69) is 19.2 Å². The predicted molar refractivity (Wildman–Crippen MR) is 80.4 cm³/mol. The number of ketones is 1. The fourth-order valence-electron chi connectivity index (χ4n) is 1.47. The lowest BCUT2D eigenvalue weighted by atomic mass is 10.1. The molecule has 0 aromatic heterocycles. The van der Waals surface area contributed by atoms with E-state index >= 15 is 0 Å². The Morgan fingerprint density at radius 3 is 2.10 bits per heavy atom. The third-order valence-electron chi connectivity index (χ3n) is 2.77. The van der Waals surface area contributed by atoms with Crippen LogP contribution in [0, 0.1) is 5.92 Å². The van der Waals surface area contributed by atoms with Gasteiger partial charge in [0.15, 0.2) is 5.78 Å². The number of benzene rings is 1. The molecule has 0 fully saturated rings. The molecule has 4 nitrogen and oxygen atoms in total. The number of carbonyl (C=O) groups excluding carboxylic acids is 1. The van der Waals surface area contributed by atoms with Gasteiger partial charge in [0.25, 0.3) is 0 Å². The summed E-state index contributed by atoms with van der Waals surface area (Å²) in [6.07, 6.45) is 0. The molecule has 20 heavy (non-hydrogen) atoms. The van der Waals surface area contributed by atoms with Crippen molar-refractivity contribution < 1.29 is 14.3 Å². The standard InChI is InChI=1S/C16H25NO3/c1-12(2)16(18)11-20-15-7-5-14(6-8-15)19-10-9-17-13(3)4/h5-8,12-13,17H,9-11H2,1-4H3. The second-order valence-corrected chi connectivity index (χ2v) is 5.34. The molecule has 1 rings (SSSR count). The molecule has 0 spiro atoms. The Morgan fingerprint density at radius 1 is 1.05 bits per heavy atom. The molecular weight excluding hydrogens is 254 g/mol. The van der Waals surface area contributed by atoms with Gasteiger partial charge in [-0.15, -0.1) is 0 Å². The first kappa shape index (κ1) is 16.5. The smallest absolute Gasteiger partial charge is 0.172 e. The van der Waals surface area contributed by atoms with E-state index in [-0.39, 0.29) is 18.3 Å². The lowest BCUT2D eigenvalue weighted by Gasteiger charge is -2.11. The zero-order valence-corrected chi connectivity index (χ0v) is 12.8. The first-order valence-electron chi connectivity index (χ1n) is 7.10. The van der Waals surface area contributed by atoms with Gasteiger partial charge in [-0.05, 0) is 24.3 Å². The zero-order valence-electron chi connectivity index (χ0n) is 12.8. The van der Waals surface area contributed by atoms with Crippen molar-refractivity contribution in [1.29, 1.82) is 0 Å². The molecule has 0 aliphatic heterocycles. The van der Waals surface area contributed by atoms with E-state index in [4.69, 9.17) is 9.47 Å². The minimum atomic E-state index is 0.00561. The van der Waals surface area contributed by atoms with Crippen LogP contribution in [0.5, 0.6) is 11.5 Å². The molecule has 0 bridgehead atoms. The molecule has 0 saturated carbocycles. The fourth-order valence-corrected chi connectivity index (χ4v) is 1.47. The average Bonchev–Trinajstić information content (AvgIpc) is 2.42. The molecule has 0 aliphatic carbocycles. The van der Waals surface area contributed by atoms with Crippen LogP contribution in [0.25, 0.3) is 0 Å². The normalized spacial score (nSPS) is 10.9. The maximum absolute atomic E-state index is 11.5. The molecule has 1 N–H and O–H groups in total. The minimum absolute atomic E-state index is 0.00561. The lowest BCUT2D eigenvalue weighted by Crippen LogP contribution is -2.27. The summed E-state index contributed by atoms with van der Waals surface area (Å²) in [4.78, 5) is 11.5. The minimum Gasteiger partial charge on any atom is -0.492 e. The molecule has 1 aromatic carbocycles. The Balaban J connectivity index is 2.31. The molecular formula is C16H25NO3. The van der Waals surface area contributed by atoms with Gasteiger partial charge < -0.3 is 14.8 Å². The Morgan fingerprint density at radius 2 is 1.60 bits per heavy atom. The van der Waals surface area contributed by atoms with Crippen LogP contribution in [-0.2, 0) is 4.79 Å². The van der Waals surface area contributed by atoms with Crippen LogP contribution in [-0.4, -0.2) is 31.6 Å². The molecule has 0 unspecified atom stereocenters. The summed E-state index contributed by atoms with van der Waals surface area (Å²) >= 11 is 0. The summed E-state index contributed by atoms with van der Waals surface area (Å²) in [6, 6.07) is 7.81. The highest BCUT2D eigenvalue weighted by Crippen LogP contribution is 2.17. The van der Waals surface area contributed by atoms with E-state index < -0.39 is 0 Å². The van der Waals surface area contributed by atoms with Gasteiger partial charge in [-0.2, -0.15) is 0 Å². The van der Waals surface area contributed by atoms with Crippen LogP contribution < -0.4 is 14.8 Å². The van der Waals surface area contributed by atoms with Crippen LogP contribution in [0.15, 0.2) is 24.3 Å². The largest absolute Gasteiger partial charge is 0.492 e. The van der Waals surface area contributed by atoms with E-state index in [1.165, 1.54) is 0 Å². The summed E-state index contributed by atoms with van der Waals surface area (Å²) in [6.45, 7) is 9.51. The van der Waals surface area contributed by atoms with Crippen LogP contribution >= 0.6 is 0 Å². The van der Waals surface area contributed by atoms with E-state index in [1.54, 1.807) is 0 Å². The van der Waals surface area contributed by atoms with Crippen molar-refractivity contribution in [2.24, 2.45) is 5.92 Å². The van der Waals surface area contributed by atoms with Crippen LogP contribution in [0.3, 0.4) is 0 Å². The van der Waals surface area contributed by atoms with Crippen molar-refractivity contribution in [3.05, 3.63) is 24.3 Å². The fraction of sp³-hybridized carbons (Fsp3) is 0.562. The Kier molecular flexibility index (Phi) is 7.09.